The molecule has 2 aromatic rings. The highest BCUT2D eigenvalue weighted by Crippen LogP contribution is 2.28. The van der Waals surface area contributed by atoms with Crippen molar-refractivity contribution in [2.45, 2.75) is 13.8 Å². The van der Waals surface area contributed by atoms with Crippen molar-refractivity contribution in [3.8, 4) is 11.5 Å². The SMILES string of the molecule is Cc1cc(Oc2ccc(C(=O)O)cc2C)ccc1Cl. The molecule has 0 spiro atoms. The van der Waals surface area contributed by atoms with E-state index in [1.54, 1.807) is 24.3 Å². The standard InChI is InChI=1S/C15H13ClO3/c1-9-8-12(4-5-13(9)16)19-14-6-3-11(15(17)18)7-10(14)2/h3-8H,1-2H3,(H,17,18). The molecule has 0 aliphatic rings. The summed E-state index contributed by atoms with van der Waals surface area (Å²) in [5.41, 5.74) is 1.95. The second-order valence-corrected chi connectivity index (χ2v) is 4.71. The first-order valence-electron chi connectivity index (χ1n) is 5.75. The smallest absolute Gasteiger partial charge is 0.335 e. The predicted molar refractivity (Wildman–Crippen MR) is 74.4 cm³/mol. The highest BCUT2D eigenvalue weighted by atomic mass is 35.5. The van der Waals surface area contributed by atoms with E-state index in [1.165, 1.54) is 6.07 Å². The molecule has 0 aliphatic carbocycles. The maximum absolute atomic E-state index is 10.8. The average Bonchev–Trinajstić information content (AvgIpc) is 2.36. The van der Waals surface area contributed by atoms with Crippen LogP contribution in [0.25, 0.3) is 0 Å². The minimum absolute atomic E-state index is 0.247. The summed E-state index contributed by atoms with van der Waals surface area (Å²) >= 11 is 5.95. The van der Waals surface area contributed by atoms with Crippen molar-refractivity contribution in [1.29, 1.82) is 0 Å². The van der Waals surface area contributed by atoms with Gasteiger partial charge in [0.25, 0.3) is 0 Å². The highest BCUT2D eigenvalue weighted by Gasteiger charge is 2.07. The molecule has 0 saturated heterocycles. The Morgan fingerprint density at radius 2 is 1.84 bits per heavy atom. The number of carboxylic acids is 1. The molecule has 3 nitrogen and oxygen atoms in total. The maximum atomic E-state index is 10.8. The number of benzene rings is 2. The van der Waals surface area contributed by atoms with Crippen molar-refractivity contribution in [3.05, 3.63) is 58.1 Å². The molecule has 0 aliphatic heterocycles. The summed E-state index contributed by atoms with van der Waals surface area (Å²) in [5, 5.41) is 9.59. The lowest BCUT2D eigenvalue weighted by atomic mass is 10.1. The molecule has 0 radical (unpaired) electrons. The molecule has 0 fully saturated rings. The second-order valence-electron chi connectivity index (χ2n) is 4.30. The molecular formula is C15H13ClO3. The molecule has 0 bridgehead atoms. The summed E-state index contributed by atoms with van der Waals surface area (Å²) in [6.07, 6.45) is 0. The summed E-state index contributed by atoms with van der Waals surface area (Å²) in [5.74, 6) is 0.358. The van der Waals surface area contributed by atoms with E-state index in [1.807, 2.05) is 19.9 Å². The molecule has 1 N–H and O–H groups in total. The molecule has 4 heteroatoms. The van der Waals surface area contributed by atoms with E-state index in [4.69, 9.17) is 21.4 Å². The zero-order valence-electron chi connectivity index (χ0n) is 10.6. The molecule has 0 atom stereocenters. The first kappa shape index (κ1) is 13.4. The minimum Gasteiger partial charge on any atom is -0.478 e. The van der Waals surface area contributed by atoms with E-state index in [2.05, 4.69) is 0 Å². The molecule has 0 heterocycles. The topological polar surface area (TPSA) is 46.5 Å². The van der Waals surface area contributed by atoms with Crippen molar-refractivity contribution in [1.82, 2.24) is 0 Å². The third-order valence-corrected chi connectivity index (χ3v) is 3.20. The van der Waals surface area contributed by atoms with Crippen LogP contribution in [0.2, 0.25) is 5.02 Å². The third kappa shape index (κ3) is 3.06. The van der Waals surface area contributed by atoms with Gasteiger partial charge in [-0.05, 0) is 61.4 Å². The molecule has 98 valence electrons. The van der Waals surface area contributed by atoms with Crippen molar-refractivity contribution in [3.63, 3.8) is 0 Å². The lowest BCUT2D eigenvalue weighted by Crippen LogP contribution is -1.97. The molecule has 2 aromatic carbocycles. The van der Waals surface area contributed by atoms with Gasteiger partial charge in [-0.3, -0.25) is 0 Å². The number of rotatable bonds is 3. The predicted octanol–water partition coefficient (Wildman–Crippen LogP) is 4.45. The number of hydrogen-bond acceptors (Lipinski definition) is 2. The monoisotopic (exact) mass is 276 g/mol. The highest BCUT2D eigenvalue weighted by molar-refractivity contribution is 6.31. The Morgan fingerprint density at radius 1 is 1.11 bits per heavy atom. The molecule has 19 heavy (non-hydrogen) atoms. The van der Waals surface area contributed by atoms with Crippen molar-refractivity contribution in [2.75, 3.05) is 0 Å². The zero-order chi connectivity index (χ0) is 14.0. The number of aryl methyl sites for hydroxylation is 2. The number of aromatic carboxylic acids is 1. The summed E-state index contributed by atoms with van der Waals surface area (Å²) in [6.45, 7) is 3.71. The van der Waals surface area contributed by atoms with E-state index >= 15 is 0 Å². The molecule has 0 unspecified atom stereocenters. The molecule has 0 amide bonds. The largest absolute Gasteiger partial charge is 0.478 e. The quantitative estimate of drug-likeness (QED) is 0.901. The van der Waals surface area contributed by atoms with Crippen molar-refractivity contribution < 1.29 is 14.6 Å². The van der Waals surface area contributed by atoms with Gasteiger partial charge in [-0.1, -0.05) is 11.6 Å². The molecular weight excluding hydrogens is 264 g/mol. The summed E-state index contributed by atoms with van der Waals surface area (Å²) in [7, 11) is 0. The summed E-state index contributed by atoms with van der Waals surface area (Å²) in [6, 6.07) is 10.1. The fourth-order valence-electron chi connectivity index (χ4n) is 1.70. The van der Waals surface area contributed by atoms with Crippen LogP contribution in [0, 0.1) is 13.8 Å². The Hall–Kier alpha value is -2.00. The van der Waals surface area contributed by atoms with Crippen LogP contribution in [0.1, 0.15) is 21.5 Å². The van der Waals surface area contributed by atoms with Gasteiger partial charge in [0.15, 0.2) is 0 Å². The van der Waals surface area contributed by atoms with Gasteiger partial charge in [0.1, 0.15) is 11.5 Å². The van der Waals surface area contributed by atoms with Gasteiger partial charge in [0, 0.05) is 5.02 Å². The van der Waals surface area contributed by atoms with Crippen LogP contribution < -0.4 is 4.74 Å². The van der Waals surface area contributed by atoms with Crippen LogP contribution in [0.5, 0.6) is 11.5 Å². The Kier molecular flexibility index (Phi) is 3.76. The van der Waals surface area contributed by atoms with E-state index in [0.29, 0.717) is 16.5 Å². The van der Waals surface area contributed by atoms with Gasteiger partial charge < -0.3 is 9.84 Å². The lowest BCUT2D eigenvalue weighted by Gasteiger charge is -2.10. The number of carbonyl (C=O) groups is 1. The van der Waals surface area contributed by atoms with Crippen LogP contribution >= 0.6 is 11.6 Å². The van der Waals surface area contributed by atoms with Crippen LogP contribution in [0.15, 0.2) is 36.4 Å². The van der Waals surface area contributed by atoms with E-state index in [0.717, 1.165) is 11.1 Å². The van der Waals surface area contributed by atoms with Crippen molar-refractivity contribution in [2.24, 2.45) is 0 Å². The fourth-order valence-corrected chi connectivity index (χ4v) is 1.82. The molecule has 2 rings (SSSR count). The van der Waals surface area contributed by atoms with Crippen LogP contribution in [0.4, 0.5) is 0 Å². The Balaban J connectivity index is 2.28. The fraction of sp³-hybridized carbons (Fsp3) is 0.133. The van der Waals surface area contributed by atoms with Gasteiger partial charge in [0.05, 0.1) is 5.56 Å². The number of ether oxygens (including phenoxy) is 1. The van der Waals surface area contributed by atoms with Crippen LogP contribution in [0.3, 0.4) is 0 Å². The first-order valence-corrected chi connectivity index (χ1v) is 6.13. The number of carboxylic acid groups (broad SMARTS) is 1. The Labute approximate surface area is 116 Å². The second kappa shape index (κ2) is 5.33. The Morgan fingerprint density at radius 3 is 2.42 bits per heavy atom. The Bertz CT molecular complexity index is 635. The maximum Gasteiger partial charge on any atom is 0.335 e. The van der Waals surface area contributed by atoms with Crippen LogP contribution in [-0.4, -0.2) is 11.1 Å². The number of halogens is 1. The van der Waals surface area contributed by atoms with Gasteiger partial charge in [-0.15, -0.1) is 0 Å². The van der Waals surface area contributed by atoms with E-state index in [-0.39, 0.29) is 5.56 Å². The van der Waals surface area contributed by atoms with Gasteiger partial charge in [-0.25, -0.2) is 4.79 Å². The van der Waals surface area contributed by atoms with Gasteiger partial charge >= 0.3 is 5.97 Å². The zero-order valence-corrected chi connectivity index (χ0v) is 11.4. The minimum atomic E-state index is -0.947. The van der Waals surface area contributed by atoms with Gasteiger partial charge in [0.2, 0.25) is 0 Å². The van der Waals surface area contributed by atoms with E-state index in [9.17, 15) is 4.79 Å². The first-order chi connectivity index (χ1) is 8.97. The number of hydrogen-bond donors (Lipinski definition) is 1. The van der Waals surface area contributed by atoms with Crippen LogP contribution in [-0.2, 0) is 0 Å². The summed E-state index contributed by atoms with van der Waals surface area (Å²) in [4.78, 5) is 10.8. The van der Waals surface area contributed by atoms with Gasteiger partial charge in [-0.2, -0.15) is 0 Å². The summed E-state index contributed by atoms with van der Waals surface area (Å²) < 4.78 is 5.73. The molecule has 0 saturated carbocycles. The molecule has 0 aromatic heterocycles. The van der Waals surface area contributed by atoms with E-state index < -0.39 is 5.97 Å². The lowest BCUT2D eigenvalue weighted by molar-refractivity contribution is 0.0697. The normalized spacial score (nSPS) is 10.3. The average molecular weight is 277 g/mol. The third-order valence-electron chi connectivity index (χ3n) is 2.78. The van der Waals surface area contributed by atoms with Crippen molar-refractivity contribution >= 4 is 17.6 Å².